The predicted octanol–water partition coefficient (Wildman–Crippen LogP) is 3.32. The van der Waals surface area contributed by atoms with E-state index in [1.807, 2.05) is 0 Å². The lowest BCUT2D eigenvalue weighted by molar-refractivity contribution is -0.137. The van der Waals surface area contributed by atoms with E-state index in [9.17, 15) is 19.6 Å². The summed E-state index contributed by atoms with van der Waals surface area (Å²) >= 11 is 1.42. The Morgan fingerprint density at radius 1 is 1.08 bits per heavy atom. The summed E-state index contributed by atoms with van der Waals surface area (Å²) in [5, 5.41) is 12.9. The van der Waals surface area contributed by atoms with Gasteiger partial charge in [0.2, 0.25) is 0 Å². The molecule has 1 aromatic heterocycles. The van der Waals surface area contributed by atoms with Crippen molar-refractivity contribution in [3.05, 3.63) is 39.8 Å². The third-order valence-corrected chi connectivity index (χ3v) is 7.52. The maximum Gasteiger partial charge on any atom is 0.338 e. The molecule has 1 saturated heterocycles. The van der Waals surface area contributed by atoms with E-state index in [1.54, 1.807) is 11.8 Å². The van der Waals surface area contributed by atoms with E-state index in [-0.39, 0.29) is 18.1 Å². The van der Waals surface area contributed by atoms with Crippen LogP contribution >= 0.6 is 11.3 Å². The third kappa shape index (κ3) is 6.82. The number of morpholine rings is 1. The largest absolute Gasteiger partial charge is 0.490 e. The molecule has 2 amide bonds. The van der Waals surface area contributed by atoms with Gasteiger partial charge in [-0.3, -0.25) is 9.59 Å². The first-order chi connectivity index (χ1) is 18.5. The van der Waals surface area contributed by atoms with Crippen LogP contribution in [-0.2, 0) is 31.9 Å². The van der Waals surface area contributed by atoms with Crippen molar-refractivity contribution in [2.75, 3.05) is 51.4 Å². The molecule has 1 aromatic carbocycles. The second-order valence-corrected chi connectivity index (χ2v) is 9.99. The Labute approximate surface area is 225 Å². The molecule has 4 rings (SSSR count). The molecular weight excluding hydrogens is 510 g/mol. The van der Waals surface area contributed by atoms with Crippen LogP contribution in [0, 0.1) is 11.3 Å². The van der Waals surface area contributed by atoms with Gasteiger partial charge in [0, 0.05) is 18.0 Å². The number of fused-ring (bicyclic) bond motifs is 1. The Morgan fingerprint density at radius 3 is 2.63 bits per heavy atom. The number of anilines is 1. The van der Waals surface area contributed by atoms with Crippen molar-refractivity contribution < 1.29 is 33.3 Å². The first kappa shape index (κ1) is 27.4. The molecule has 1 fully saturated rings. The summed E-state index contributed by atoms with van der Waals surface area (Å²) in [7, 11) is 0. The molecule has 38 heavy (non-hydrogen) atoms. The van der Waals surface area contributed by atoms with E-state index < -0.39 is 18.5 Å². The molecule has 1 aliphatic heterocycles. The Balaban J connectivity index is 1.34. The molecule has 2 aromatic rings. The summed E-state index contributed by atoms with van der Waals surface area (Å²) in [4.78, 5) is 40.4. The fourth-order valence-electron chi connectivity index (χ4n) is 4.39. The number of benzene rings is 1. The first-order valence-electron chi connectivity index (χ1n) is 12.8. The van der Waals surface area contributed by atoms with Crippen LogP contribution in [0.25, 0.3) is 0 Å². The molecule has 1 N–H and O–H groups in total. The maximum absolute atomic E-state index is 12.6. The monoisotopic (exact) mass is 541 g/mol. The van der Waals surface area contributed by atoms with Crippen LogP contribution in [-0.4, -0.2) is 68.8 Å². The summed E-state index contributed by atoms with van der Waals surface area (Å²) in [6.45, 7) is 3.48. The third-order valence-electron chi connectivity index (χ3n) is 6.31. The molecule has 0 spiro atoms. The van der Waals surface area contributed by atoms with Crippen molar-refractivity contribution in [2.24, 2.45) is 0 Å². The molecule has 0 saturated carbocycles. The van der Waals surface area contributed by atoms with Gasteiger partial charge >= 0.3 is 5.97 Å². The van der Waals surface area contributed by atoms with Crippen LogP contribution < -0.4 is 14.8 Å². The average molecular weight is 542 g/mol. The molecule has 0 atom stereocenters. The fourth-order valence-corrected chi connectivity index (χ4v) is 5.65. The summed E-state index contributed by atoms with van der Waals surface area (Å²) in [6, 6.07) is 6.70. The van der Waals surface area contributed by atoms with Crippen molar-refractivity contribution in [1.29, 1.82) is 5.26 Å². The number of nitrogens with zero attached hydrogens (tertiary/aromatic N) is 2. The summed E-state index contributed by atoms with van der Waals surface area (Å²) in [6.07, 6.45) is 4.97. The minimum atomic E-state index is -0.709. The maximum atomic E-state index is 12.6. The number of carbonyl (C=O) groups is 3. The topological polar surface area (TPSA) is 127 Å². The predicted molar refractivity (Wildman–Crippen MR) is 140 cm³/mol. The molecule has 0 bridgehead atoms. The zero-order valence-electron chi connectivity index (χ0n) is 21.4. The molecule has 10 nitrogen and oxygen atoms in total. The molecule has 2 heterocycles. The highest BCUT2D eigenvalue weighted by Crippen LogP contribution is 2.37. The van der Waals surface area contributed by atoms with Crippen molar-refractivity contribution >= 4 is 34.1 Å². The van der Waals surface area contributed by atoms with E-state index in [0.29, 0.717) is 55.0 Å². The standard InChI is InChI=1S/C27H31N3O7S/c1-2-35-22-14-18(8-9-21(22)36-17-25(32)30-10-12-34-13-11-30)27(33)37-16-24(31)29-26-20(15-28)19-6-4-3-5-7-23(19)38-26/h8-9,14H,2-7,10-13,16-17H2,1H3,(H,29,31). The van der Waals surface area contributed by atoms with Gasteiger partial charge in [0.05, 0.1) is 30.9 Å². The molecule has 0 radical (unpaired) electrons. The Morgan fingerprint density at radius 2 is 1.87 bits per heavy atom. The molecule has 0 unspecified atom stereocenters. The highest BCUT2D eigenvalue weighted by molar-refractivity contribution is 7.16. The van der Waals surface area contributed by atoms with Crippen molar-refractivity contribution in [2.45, 2.75) is 39.0 Å². The smallest absolute Gasteiger partial charge is 0.338 e. The van der Waals surface area contributed by atoms with E-state index >= 15 is 0 Å². The minimum Gasteiger partial charge on any atom is -0.490 e. The van der Waals surface area contributed by atoms with Gasteiger partial charge < -0.3 is 29.2 Å². The Hall–Kier alpha value is -3.62. The molecule has 2 aliphatic rings. The number of hydrogen-bond acceptors (Lipinski definition) is 9. The number of amides is 2. The highest BCUT2D eigenvalue weighted by atomic mass is 32.1. The van der Waals surface area contributed by atoms with Gasteiger partial charge in [-0.05, 0) is 56.4 Å². The number of hydrogen-bond donors (Lipinski definition) is 1. The van der Waals surface area contributed by atoms with E-state index in [1.165, 1.54) is 29.5 Å². The molecular formula is C27H31N3O7S. The van der Waals surface area contributed by atoms with Crippen molar-refractivity contribution in [3.63, 3.8) is 0 Å². The highest BCUT2D eigenvalue weighted by Gasteiger charge is 2.22. The number of ether oxygens (including phenoxy) is 4. The van der Waals surface area contributed by atoms with Crippen molar-refractivity contribution in [3.8, 4) is 17.6 Å². The lowest BCUT2D eigenvalue weighted by atomic mass is 10.1. The molecule has 11 heteroatoms. The van der Waals surface area contributed by atoms with Crippen molar-refractivity contribution in [1.82, 2.24) is 4.90 Å². The summed E-state index contributed by atoms with van der Waals surface area (Å²) in [5.41, 5.74) is 1.71. The number of nitriles is 1. The van der Waals surface area contributed by atoms with E-state index in [2.05, 4.69) is 11.4 Å². The van der Waals surface area contributed by atoms with E-state index in [0.717, 1.165) is 42.5 Å². The minimum absolute atomic E-state index is 0.160. The zero-order chi connectivity index (χ0) is 26.9. The van der Waals surface area contributed by atoms with Crippen LogP contribution in [0.5, 0.6) is 11.5 Å². The quantitative estimate of drug-likeness (QED) is 0.378. The van der Waals surface area contributed by atoms with E-state index in [4.69, 9.17) is 18.9 Å². The van der Waals surface area contributed by atoms with Crippen LogP contribution in [0.1, 0.15) is 52.5 Å². The number of esters is 1. The lowest BCUT2D eigenvalue weighted by Crippen LogP contribution is -2.43. The van der Waals surface area contributed by atoms with Gasteiger partial charge in [0.1, 0.15) is 11.1 Å². The number of thiophene rings is 1. The van der Waals surface area contributed by atoms with Crippen LogP contribution in [0.4, 0.5) is 5.00 Å². The van der Waals surface area contributed by atoms with Gasteiger partial charge in [0.15, 0.2) is 24.7 Å². The lowest BCUT2D eigenvalue weighted by Gasteiger charge is -2.26. The van der Waals surface area contributed by atoms with Crippen LogP contribution in [0.15, 0.2) is 18.2 Å². The Kier molecular flexibility index (Phi) is 9.56. The number of carbonyl (C=O) groups excluding carboxylic acids is 3. The van der Waals surface area contributed by atoms with Gasteiger partial charge in [-0.2, -0.15) is 5.26 Å². The van der Waals surface area contributed by atoms with Crippen LogP contribution in [0.2, 0.25) is 0 Å². The number of aryl methyl sites for hydroxylation is 1. The van der Waals surface area contributed by atoms with Gasteiger partial charge in [-0.25, -0.2) is 4.79 Å². The van der Waals surface area contributed by atoms with Gasteiger partial charge in [0.25, 0.3) is 11.8 Å². The fraction of sp³-hybridized carbons (Fsp3) is 0.481. The summed E-state index contributed by atoms with van der Waals surface area (Å²) in [5.74, 6) is -0.770. The van der Waals surface area contributed by atoms with Crippen LogP contribution in [0.3, 0.4) is 0 Å². The second kappa shape index (κ2) is 13.3. The average Bonchev–Trinajstić information content (AvgIpc) is 3.09. The normalized spacial score (nSPS) is 15.0. The number of nitrogens with one attached hydrogen (secondary N) is 1. The Bertz CT molecular complexity index is 1210. The zero-order valence-corrected chi connectivity index (χ0v) is 22.2. The van der Waals surface area contributed by atoms with Gasteiger partial charge in [-0.15, -0.1) is 11.3 Å². The first-order valence-corrected chi connectivity index (χ1v) is 13.6. The SMILES string of the molecule is CCOc1cc(C(=O)OCC(=O)Nc2sc3c(c2C#N)CCCCC3)ccc1OCC(=O)N1CCOCC1. The molecule has 1 aliphatic carbocycles. The van der Waals surface area contributed by atoms with Gasteiger partial charge in [-0.1, -0.05) is 6.42 Å². The second-order valence-electron chi connectivity index (χ2n) is 8.88. The molecule has 202 valence electrons. The number of rotatable bonds is 9. The summed E-state index contributed by atoms with van der Waals surface area (Å²) < 4.78 is 21.7.